The highest BCUT2D eigenvalue weighted by Gasteiger charge is 2.48. The molecule has 2 amide bonds. The molecular weight excluding hydrogens is 376 g/mol. The molecule has 1 heterocycles. The van der Waals surface area contributed by atoms with Gasteiger partial charge < -0.3 is 9.80 Å². The van der Waals surface area contributed by atoms with Crippen LogP contribution in [0.3, 0.4) is 0 Å². The molecule has 0 spiro atoms. The minimum atomic E-state index is -1.24. The van der Waals surface area contributed by atoms with Gasteiger partial charge in [0.25, 0.3) is 11.8 Å². The van der Waals surface area contributed by atoms with Crippen LogP contribution in [0.2, 0.25) is 0 Å². The monoisotopic (exact) mass is 395 g/mol. The maximum atomic E-state index is 14.3. The summed E-state index contributed by atoms with van der Waals surface area (Å²) in [5.74, 6) is -3.29. The largest absolute Gasteiger partial charge is 0.326 e. The van der Waals surface area contributed by atoms with Crippen molar-refractivity contribution in [3.63, 3.8) is 0 Å². The summed E-state index contributed by atoms with van der Waals surface area (Å²) in [6.07, 6.45) is 1.35. The van der Waals surface area contributed by atoms with Crippen LogP contribution in [0.5, 0.6) is 0 Å². The molecule has 1 aliphatic rings. The third-order valence-corrected chi connectivity index (χ3v) is 5.32. The lowest BCUT2D eigenvalue weighted by atomic mass is 9.87. The van der Waals surface area contributed by atoms with E-state index in [0.717, 1.165) is 28.7 Å². The molecule has 5 nitrogen and oxygen atoms in total. The van der Waals surface area contributed by atoms with E-state index in [4.69, 9.17) is 0 Å². The van der Waals surface area contributed by atoms with Gasteiger partial charge in [0, 0.05) is 26.1 Å². The number of hydrogen-bond acceptors (Lipinski definition) is 3. The van der Waals surface area contributed by atoms with Crippen LogP contribution >= 0.6 is 0 Å². The first-order valence-corrected chi connectivity index (χ1v) is 8.90. The van der Waals surface area contributed by atoms with Gasteiger partial charge in [-0.1, -0.05) is 30.3 Å². The highest BCUT2D eigenvalue weighted by molar-refractivity contribution is 6.08. The van der Waals surface area contributed by atoms with Crippen LogP contribution in [-0.4, -0.2) is 41.2 Å². The van der Waals surface area contributed by atoms with Crippen molar-refractivity contribution < 1.29 is 18.4 Å². The molecule has 0 N–H and O–H groups in total. The van der Waals surface area contributed by atoms with Crippen molar-refractivity contribution in [3.8, 4) is 6.07 Å². The summed E-state index contributed by atoms with van der Waals surface area (Å²) in [5.41, 5.74) is -0.903. The van der Waals surface area contributed by atoms with Gasteiger partial charge in [-0.15, -0.1) is 0 Å². The molecule has 1 unspecified atom stereocenters. The highest BCUT2D eigenvalue weighted by atomic mass is 19.2. The van der Waals surface area contributed by atoms with Gasteiger partial charge in [0.2, 0.25) is 0 Å². The summed E-state index contributed by atoms with van der Waals surface area (Å²) in [6.45, 7) is 1.66. The fraction of sp³-hybridized carbons (Fsp3) is 0.227. The molecule has 3 rings (SSSR count). The Balaban J connectivity index is 2.06. The molecule has 2 aromatic rings. The van der Waals surface area contributed by atoms with E-state index in [1.54, 1.807) is 13.0 Å². The Morgan fingerprint density at radius 1 is 1.10 bits per heavy atom. The maximum Gasteiger partial charge on any atom is 0.271 e. The quantitative estimate of drug-likeness (QED) is 0.750. The second kappa shape index (κ2) is 7.47. The molecule has 1 fully saturated rings. The zero-order valence-electron chi connectivity index (χ0n) is 16.2. The van der Waals surface area contributed by atoms with E-state index in [1.165, 1.54) is 19.0 Å². The van der Waals surface area contributed by atoms with Gasteiger partial charge >= 0.3 is 0 Å². The number of benzene rings is 2. The Labute approximate surface area is 167 Å². The number of halogens is 2. The SMILES string of the molecule is CN1C(=O)C(C)(Cc2ccccc2)N(C)C(=O)/C1=C/c1c(C#N)ccc(F)c1F. The third-order valence-electron chi connectivity index (χ3n) is 5.32. The third kappa shape index (κ3) is 3.38. The van der Waals surface area contributed by atoms with Gasteiger partial charge in [0.05, 0.1) is 11.6 Å². The number of nitrogens with zero attached hydrogens (tertiary/aromatic N) is 3. The molecule has 0 radical (unpaired) electrons. The number of rotatable bonds is 3. The highest BCUT2D eigenvalue weighted by Crippen LogP contribution is 2.32. The number of nitriles is 1. The predicted octanol–water partition coefficient (Wildman–Crippen LogP) is 3.11. The van der Waals surface area contributed by atoms with Crippen LogP contribution < -0.4 is 0 Å². The van der Waals surface area contributed by atoms with Crippen LogP contribution in [0.1, 0.15) is 23.6 Å². The van der Waals surface area contributed by atoms with Gasteiger partial charge in [-0.2, -0.15) is 5.26 Å². The van der Waals surface area contributed by atoms with Gasteiger partial charge in [0.1, 0.15) is 11.2 Å². The molecule has 1 atom stereocenters. The molecule has 0 saturated carbocycles. The lowest BCUT2D eigenvalue weighted by molar-refractivity contribution is -0.155. The molecule has 0 aliphatic carbocycles. The second-order valence-electron chi connectivity index (χ2n) is 7.13. The first-order chi connectivity index (χ1) is 13.7. The van der Waals surface area contributed by atoms with Crippen LogP contribution in [0.25, 0.3) is 6.08 Å². The summed E-state index contributed by atoms with van der Waals surface area (Å²) in [7, 11) is 2.91. The van der Waals surface area contributed by atoms with Crippen molar-refractivity contribution in [1.82, 2.24) is 9.80 Å². The fourth-order valence-electron chi connectivity index (χ4n) is 3.44. The Bertz CT molecular complexity index is 1060. The molecule has 148 valence electrons. The fourth-order valence-corrected chi connectivity index (χ4v) is 3.44. The molecule has 1 saturated heterocycles. The van der Waals surface area contributed by atoms with Gasteiger partial charge in [-0.25, -0.2) is 8.78 Å². The van der Waals surface area contributed by atoms with E-state index in [2.05, 4.69) is 0 Å². The van der Waals surface area contributed by atoms with Gasteiger partial charge in [0.15, 0.2) is 11.6 Å². The van der Waals surface area contributed by atoms with E-state index in [-0.39, 0.29) is 22.7 Å². The summed E-state index contributed by atoms with van der Waals surface area (Å²) in [6, 6.07) is 13.0. The normalized spacial score (nSPS) is 20.9. The number of likely N-dealkylation sites (N-methyl/N-ethyl adjacent to an activating group) is 2. The molecule has 2 aromatic carbocycles. The smallest absolute Gasteiger partial charge is 0.271 e. The molecule has 1 aliphatic heterocycles. The number of hydrogen-bond donors (Lipinski definition) is 0. The molecule has 29 heavy (non-hydrogen) atoms. The molecular formula is C22H19F2N3O2. The summed E-state index contributed by atoms with van der Waals surface area (Å²) < 4.78 is 28.0. The average Bonchev–Trinajstić information content (AvgIpc) is 2.72. The van der Waals surface area contributed by atoms with E-state index in [0.29, 0.717) is 6.42 Å². The van der Waals surface area contributed by atoms with E-state index < -0.39 is 23.1 Å². The van der Waals surface area contributed by atoms with Crippen molar-refractivity contribution in [1.29, 1.82) is 5.26 Å². The number of carbonyl (C=O) groups excluding carboxylic acids is 2. The van der Waals surface area contributed by atoms with Crippen LogP contribution in [0.15, 0.2) is 48.2 Å². The van der Waals surface area contributed by atoms with Crippen molar-refractivity contribution in [2.24, 2.45) is 0 Å². The van der Waals surface area contributed by atoms with Crippen molar-refractivity contribution >= 4 is 17.9 Å². The Morgan fingerprint density at radius 2 is 1.76 bits per heavy atom. The van der Waals surface area contributed by atoms with Crippen molar-refractivity contribution in [3.05, 3.63) is 76.5 Å². The zero-order chi connectivity index (χ0) is 21.3. The Morgan fingerprint density at radius 3 is 2.38 bits per heavy atom. The number of piperazine rings is 1. The second-order valence-corrected chi connectivity index (χ2v) is 7.13. The minimum absolute atomic E-state index is 0.134. The van der Waals surface area contributed by atoms with Crippen LogP contribution in [-0.2, 0) is 16.0 Å². The number of carbonyl (C=O) groups is 2. The summed E-state index contributed by atoms with van der Waals surface area (Å²) >= 11 is 0. The van der Waals surface area contributed by atoms with Crippen LogP contribution in [0.4, 0.5) is 8.78 Å². The summed E-state index contributed by atoms with van der Waals surface area (Å²) in [5, 5.41) is 9.20. The van der Waals surface area contributed by atoms with E-state index >= 15 is 0 Å². The minimum Gasteiger partial charge on any atom is -0.326 e. The predicted molar refractivity (Wildman–Crippen MR) is 103 cm³/mol. The van der Waals surface area contributed by atoms with Gasteiger partial charge in [-0.05, 0) is 30.7 Å². The Kier molecular flexibility index (Phi) is 5.21. The Hall–Kier alpha value is -3.53. The van der Waals surface area contributed by atoms with E-state index in [1.807, 2.05) is 30.3 Å². The molecule has 0 aromatic heterocycles. The molecule has 0 bridgehead atoms. The topological polar surface area (TPSA) is 64.4 Å². The van der Waals surface area contributed by atoms with Gasteiger partial charge in [-0.3, -0.25) is 9.59 Å². The lowest BCUT2D eigenvalue weighted by Gasteiger charge is -2.45. The van der Waals surface area contributed by atoms with Crippen molar-refractivity contribution in [2.45, 2.75) is 18.9 Å². The molecule has 7 heteroatoms. The standard InChI is InChI=1S/C22H19F2N3O2/c1-22(12-14-7-5-4-6-8-14)21(29)26(2)18(20(28)27(22)3)11-16-15(13-25)9-10-17(23)19(16)24/h4-11H,12H2,1-3H3/b18-11-. The van der Waals surface area contributed by atoms with Crippen molar-refractivity contribution in [2.75, 3.05) is 14.1 Å². The van der Waals surface area contributed by atoms with E-state index in [9.17, 15) is 23.6 Å². The zero-order valence-corrected chi connectivity index (χ0v) is 16.2. The first kappa shape index (κ1) is 20.2. The number of amides is 2. The lowest BCUT2D eigenvalue weighted by Crippen LogP contribution is -2.64. The maximum absolute atomic E-state index is 14.3. The average molecular weight is 395 g/mol. The summed E-state index contributed by atoms with van der Waals surface area (Å²) in [4.78, 5) is 28.7. The van der Waals surface area contributed by atoms with Crippen LogP contribution in [0, 0.1) is 23.0 Å². The first-order valence-electron chi connectivity index (χ1n) is 8.90.